The van der Waals surface area contributed by atoms with Crippen LogP contribution in [0.2, 0.25) is 5.02 Å². The van der Waals surface area contributed by atoms with Crippen LogP contribution in [0.1, 0.15) is 38.2 Å². The Morgan fingerprint density at radius 2 is 2.05 bits per heavy atom. The van der Waals surface area contributed by atoms with Crippen LogP contribution in [0, 0.1) is 0 Å². The molecule has 21 heavy (non-hydrogen) atoms. The van der Waals surface area contributed by atoms with E-state index in [9.17, 15) is 8.42 Å². The first-order chi connectivity index (χ1) is 9.89. The second-order valence-electron chi connectivity index (χ2n) is 5.97. The van der Waals surface area contributed by atoms with Gasteiger partial charge in [0, 0.05) is 17.1 Å². The number of hydrogen-bond donors (Lipinski definition) is 2. The summed E-state index contributed by atoms with van der Waals surface area (Å²) in [4.78, 5) is 0. The van der Waals surface area contributed by atoms with Crippen LogP contribution in [0.25, 0.3) is 0 Å². The first kappa shape index (κ1) is 16.7. The van der Waals surface area contributed by atoms with Crippen LogP contribution >= 0.6 is 11.6 Å². The Morgan fingerprint density at radius 1 is 1.33 bits per heavy atom. The molecule has 1 heterocycles. The molecule has 0 radical (unpaired) electrons. The highest BCUT2D eigenvalue weighted by Gasteiger charge is 2.27. The maximum absolute atomic E-state index is 12.0. The van der Waals surface area contributed by atoms with Crippen molar-refractivity contribution in [2.45, 2.75) is 43.9 Å². The average molecular weight is 331 g/mol. The molecule has 2 rings (SSSR count). The van der Waals surface area contributed by atoms with E-state index in [4.69, 9.17) is 11.6 Å². The molecule has 1 fully saturated rings. The fraction of sp³-hybridized carbons (Fsp3) is 0.600. The minimum Gasteiger partial charge on any atom is -0.312 e. The zero-order valence-corrected chi connectivity index (χ0v) is 13.9. The maximum atomic E-state index is 12.0. The normalized spacial score (nSPS) is 22.6. The van der Waals surface area contributed by atoms with E-state index in [1.807, 2.05) is 0 Å². The first-order valence-corrected chi connectivity index (χ1v) is 9.38. The number of halogens is 1. The predicted octanol–water partition coefficient (Wildman–Crippen LogP) is 2.68. The molecule has 0 saturated carbocycles. The van der Waals surface area contributed by atoms with Crippen molar-refractivity contribution in [2.75, 3.05) is 13.1 Å². The van der Waals surface area contributed by atoms with Gasteiger partial charge < -0.3 is 5.32 Å². The highest BCUT2D eigenvalue weighted by atomic mass is 35.5. The Hall–Kier alpha value is -0.620. The van der Waals surface area contributed by atoms with E-state index >= 15 is 0 Å². The topological polar surface area (TPSA) is 58.2 Å². The first-order valence-electron chi connectivity index (χ1n) is 7.35. The van der Waals surface area contributed by atoms with Gasteiger partial charge in [-0.15, -0.1) is 0 Å². The molecule has 1 atom stereocenters. The van der Waals surface area contributed by atoms with E-state index in [0.29, 0.717) is 11.6 Å². The zero-order chi connectivity index (χ0) is 15.3. The third kappa shape index (κ3) is 5.58. The van der Waals surface area contributed by atoms with Gasteiger partial charge in [-0.05, 0) is 56.8 Å². The third-order valence-corrected chi connectivity index (χ3v) is 5.56. The number of nitrogens with one attached hydrogen (secondary N) is 2. The Bertz CT molecular complexity index is 552. The lowest BCUT2D eigenvalue weighted by Crippen LogP contribution is -2.37. The van der Waals surface area contributed by atoms with Gasteiger partial charge in [0.2, 0.25) is 10.0 Å². The summed E-state index contributed by atoms with van der Waals surface area (Å²) in [5, 5.41) is 4.10. The van der Waals surface area contributed by atoms with Crippen LogP contribution in [-0.4, -0.2) is 27.0 Å². The lowest BCUT2D eigenvalue weighted by molar-refractivity contribution is 0.373. The zero-order valence-electron chi connectivity index (χ0n) is 12.4. The van der Waals surface area contributed by atoms with Gasteiger partial charge >= 0.3 is 0 Å². The van der Waals surface area contributed by atoms with Gasteiger partial charge in [-0.1, -0.05) is 23.7 Å². The van der Waals surface area contributed by atoms with Gasteiger partial charge in [-0.25, -0.2) is 13.1 Å². The van der Waals surface area contributed by atoms with E-state index in [-0.39, 0.29) is 11.3 Å². The lowest BCUT2D eigenvalue weighted by Gasteiger charge is -2.24. The summed E-state index contributed by atoms with van der Waals surface area (Å²) in [5.41, 5.74) is 0.929. The molecule has 1 aromatic rings. The molecule has 0 bridgehead atoms. The third-order valence-electron chi connectivity index (χ3n) is 3.95. The van der Waals surface area contributed by atoms with Crippen molar-refractivity contribution >= 4 is 21.6 Å². The van der Waals surface area contributed by atoms with Gasteiger partial charge in [0.25, 0.3) is 0 Å². The van der Waals surface area contributed by atoms with Crippen LogP contribution in [0.3, 0.4) is 0 Å². The van der Waals surface area contributed by atoms with E-state index in [2.05, 4.69) is 17.0 Å². The SMILES string of the molecule is C[C@@]1(CCCNS(=O)(=O)Cc2ccc(Cl)cc2)CCCN1. The molecule has 2 N–H and O–H groups in total. The number of rotatable bonds is 7. The summed E-state index contributed by atoms with van der Waals surface area (Å²) in [6, 6.07) is 6.90. The van der Waals surface area contributed by atoms with Crippen molar-refractivity contribution in [3.05, 3.63) is 34.9 Å². The number of benzene rings is 1. The summed E-state index contributed by atoms with van der Waals surface area (Å²) in [5.74, 6) is -0.000311. The molecular weight excluding hydrogens is 308 g/mol. The highest BCUT2D eigenvalue weighted by Crippen LogP contribution is 2.23. The number of sulfonamides is 1. The molecule has 0 spiro atoms. The molecule has 118 valence electrons. The van der Waals surface area contributed by atoms with E-state index in [0.717, 1.165) is 24.9 Å². The summed E-state index contributed by atoms with van der Waals surface area (Å²) < 4.78 is 26.7. The van der Waals surface area contributed by atoms with Gasteiger partial charge in [0.05, 0.1) is 5.75 Å². The molecule has 1 aromatic carbocycles. The van der Waals surface area contributed by atoms with Gasteiger partial charge in [0.15, 0.2) is 0 Å². The minimum atomic E-state index is -3.28. The molecule has 4 nitrogen and oxygen atoms in total. The van der Waals surface area contributed by atoms with Crippen molar-refractivity contribution in [1.82, 2.24) is 10.0 Å². The van der Waals surface area contributed by atoms with Gasteiger partial charge in [-0.2, -0.15) is 0 Å². The van der Waals surface area contributed by atoms with Crippen LogP contribution < -0.4 is 10.0 Å². The van der Waals surface area contributed by atoms with Crippen molar-refractivity contribution in [3.8, 4) is 0 Å². The standard InChI is InChI=1S/C15H23ClN2O2S/c1-15(8-2-10-17-15)9-3-11-18-21(19,20)12-13-4-6-14(16)7-5-13/h4-7,17-18H,2-3,8-12H2,1H3/t15-/m0/s1. The molecule has 0 amide bonds. The van der Waals surface area contributed by atoms with Crippen molar-refractivity contribution in [1.29, 1.82) is 0 Å². The van der Waals surface area contributed by atoms with Crippen LogP contribution in [0.15, 0.2) is 24.3 Å². The summed E-state index contributed by atoms with van der Waals surface area (Å²) in [6.07, 6.45) is 4.23. The largest absolute Gasteiger partial charge is 0.312 e. The molecule has 0 aliphatic carbocycles. The number of hydrogen-bond acceptors (Lipinski definition) is 3. The Morgan fingerprint density at radius 3 is 2.67 bits per heavy atom. The molecule has 0 unspecified atom stereocenters. The molecule has 1 saturated heterocycles. The molecular formula is C15H23ClN2O2S. The predicted molar refractivity (Wildman–Crippen MR) is 87.0 cm³/mol. The van der Waals surface area contributed by atoms with Crippen molar-refractivity contribution in [2.24, 2.45) is 0 Å². The minimum absolute atomic E-state index is 0.000311. The summed E-state index contributed by atoms with van der Waals surface area (Å²) in [6.45, 7) is 3.77. The Balaban J connectivity index is 1.75. The fourth-order valence-electron chi connectivity index (χ4n) is 2.73. The average Bonchev–Trinajstić information content (AvgIpc) is 2.85. The fourth-order valence-corrected chi connectivity index (χ4v) is 4.04. The monoisotopic (exact) mass is 330 g/mol. The van der Waals surface area contributed by atoms with E-state index < -0.39 is 10.0 Å². The van der Waals surface area contributed by atoms with E-state index in [1.54, 1.807) is 24.3 Å². The van der Waals surface area contributed by atoms with Crippen molar-refractivity contribution < 1.29 is 8.42 Å². The van der Waals surface area contributed by atoms with Crippen LogP contribution in [0.5, 0.6) is 0 Å². The molecule has 1 aliphatic heterocycles. The Labute approximate surface area is 132 Å². The Kier molecular flexibility index (Phi) is 5.66. The second-order valence-corrected chi connectivity index (χ2v) is 8.22. The summed E-state index contributed by atoms with van der Waals surface area (Å²) in [7, 11) is -3.28. The van der Waals surface area contributed by atoms with Gasteiger partial charge in [-0.3, -0.25) is 0 Å². The molecule has 6 heteroatoms. The lowest BCUT2D eigenvalue weighted by atomic mass is 9.94. The van der Waals surface area contributed by atoms with Crippen LogP contribution in [-0.2, 0) is 15.8 Å². The van der Waals surface area contributed by atoms with Gasteiger partial charge in [0.1, 0.15) is 0 Å². The molecule has 1 aliphatic rings. The summed E-state index contributed by atoms with van der Waals surface area (Å²) >= 11 is 5.79. The quantitative estimate of drug-likeness (QED) is 0.756. The van der Waals surface area contributed by atoms with Crippen molar-refractivity contribution in [3.63, 3.8) is 0 Å². The van der Waals surface area contributed by atoms with E-state index in [1.165, 1.54) is 12.8 Å². The maximum Gasteiger partial charge on any atom is 0.215 e. The smallest absolute Gasteiger partial charge is 0.215 e. The second kappa shape index (κ2) is 7.09. The molecule has 0 aromatic heterocycles. The highest BCUT2D eigenvalue weighted by molar-refractivity contribution is 7.88. The van der Waals surface area contributed by atoms with Crippen LogP contribution in [0.4, 0.5) is 0 Å².